The normalized spacial score (nSPS) is 18.0. The second-order valence-corrected chi connectivity index (χ2v) is 16.0. The van der Waals surface area contributed by atoms with Crippen LogP contribution in [-0.4, -0.2) is 4.57 Å². The predicted octanol–water partition coefficient (Wildman–Crippen LogP) is 12.9. The van der Waals surface area contributed by atoms with Crippen molar-refractivity contribution in [2.24, 2.45) is 0 Å². The molecule has 0 bridgehead atoms. The highest BCUT2D eigenvalue weighted by atomic mass is 32.1. The molecule has 3 nitrogen and oxygen atoms in total. The van der Waals surface area contributed by atoms with Gasteiger partial charge in [0.1, 0.15) is 6.17 Å². The Labute approximate surface area is 330 Å². The van der Waals surface area contributed by atoms with Crippen molar-refractivity contribution in [2.75, 3.05) is 0 Å². The number of para-hydroxylation sites is 1. The number of nitrogens with zero attached hydrogens (tertiary/aromatic N) is 1. The lowest BCUT2D eigenvalue weighted by atomic mass is 9.89. The molecular weight excluding hydrogens is 699 g/mol. The maximum Gasteiger partial charge on any atom is 0.104 e. The molecule has 0 saturated heterocycles. The number of allylic oxidation sites excluding steroid dienone is 1. The van der Waals surface area contributed by atoms with E-state index in [1.807, 2.05) is 11.3 Å². The van der Waals surface area contributed by atoms with E-state index in [-0.39, 0.29) is 18.2 Å². The fourth-order valence-corrected chi connectivity index (χ4v) is 10.2. The summed E-state index contributed by atoms with van der Waals surface area (Å²) in [5, 5.41) is 11.8. The van der Waals surface area contributed by atoms with Gasteiger partial charge in [-0.25, -0.2) is 0 Å². The molecule has 1 aliphatic carbocycles. The molecule has 7 aromatic carbocycles. The monoisotopic (exact) mass is 737 g/mol. The summed E-state index contributed by atoms with van der Waals surface area (Å²) in [6.07, 6.45) is 5.78. The molecule has 2 aliphatic rings. The zero-order chi connectivity index (χ0) is 37.0. The van der Waals surface area contributed by atoms with Gasteiger partial charge in [0.2, 0.25) is 0 Å². The Bertz CT molecular complexity index is 2950. The molecule has 1 aliphatic heterocycles. The van der Waals surface area contributed by atoms with Crippen LogP contribution in [0.2, 0.25) is 0 Å². The van der Waals surface area contributed by atoms with Gasteiger partial charge in [-0.1, -0.05) is 164 Å². The first-order valence-corrected chi connectivity index (χ1v) is 20.3. The predicted molar refractivity (Wildman–Crippen MR) is 236 cm³/mol. The minimum atomic E-state index is -0.0665. The molecule has 0 radical (unpaired) electrons. The number of benzene rings is 7. The van der Waals surface area contributed by atoms with E-state index in [0.29, 0.717) is 0 Å². The summed E-state index contributed by atoms with van der Waals surface area (Å²) < 4.78 is 3.97. The van der Waals surface area contributed by atoms with Gasteiger partial charge in [0.05, 0.1) is 17.6 Å². The third-order valence-electron chi connectivity index (χ3n) is 11.6. The average molecular weight is 738 g/mol. The third-order valence-corrected chi connectivity index (χ3v) is 12.9. The van der Waals surface area contributed by atoms with Gasteiger partial charge >= 0.3 is 0 Å². The molecule has 3 atom stereocenters. The summed E-state index contributed by atoms with van der Waals surface area (Å²) >= 11 is 1.93. The molecule has 0 amide bonds. The lowest BCUT2D eigenvalue weighted by Gasteiger charge is -2.33. The van der Waals surface area contributed by atoms with E-state index in [2.05, 4.69) is 209 Å². The van der Waals surface area contributed by atoms with Crippen molar-refractivity contribution in [3.05, 3.63) is 227 Å². The maximum absolute atomic E-state index is 3.98. The van der Waals surface area contributed by atoms with Crippen molar-refractivity contribution in [3.8, 4) is 11.1 Å². The minimum Gasteiger partial charge on any atom is -0.366 e. The smallest absolute Gasteiger partial charge is 0.104 e. The maximum atomic E-state index is 3.98. The first-order chi connectivity index (χ1) is 27.7. The highest BCUT2D eigenvalue weighted by Crippen LogP contribution is 2.46. The number of hydrogen-bond donors (Lipinski definition) is 2. The minimum absolute atomic E-state index is 0.0260. The van der Waals surface area contributed by atoms with E-state index >= 15 is 0 Å². The zero-order valence-corrected chi connectivity index (χ0v) is 31.6. The SMILES string of the molecule is C1=C(c2cccc(-c3ccccc3)c2)NC(c2ccccc2)NC1c1ccc2c3ccccc3n(C3C=C(c4ccccc4)c4sc5ccccc5c4C3)c2c1. The van der Waals surface area contributed by atoms with E-state index in [1.165, 1.54) is 81.3 Å². The quantitative estimate of drug-likeness (QED) is 0.178. The van der Waals surface area contributed by atoms with Crippen LogP contribution in [0.3, 0.4) is 0 Å². The molecule has 3 unspecified atom stereocenters. The van der Waals surface area contributed by atoms with Gasteiger partial charge in [0.15, 0.2) is 0 Å². The fraction of sp³-hybridized carbons (Fsp3) is 0.0769. The Hall–Kier alpha value is -6.46. The molecule has 0 fully saturated rings. The number of nitrogens with one attached hydrogen (secondary N) is 2. The highest BCUT2D eigenvalue weighted by molar-refractivity contribution is 7.20. The summed E-state index contributed by atoms with van der Waals surface area (Å²) in [6, 6.07) is 66.4. The summed E-state index contributed by atoms with van der Waals surface area (Å²) in [6.45, 7) is 0. The van der Waals surface area contributed by atoms with Crippen LogP contribution in [0.1, 0.15) is 50.9 Å². The number of fused-ring (bicyclic) bond motifs is 6. The van der Waals surface area contributed by atoms with Crippen LogP contribution in [0, 0.1) is 0 Å². The molecule has 2 aromatic heterocycles. The van der Waals surface area contributed by atoms with Gasteiger partial charge in [0, 0.05) is 31.6 Å². The van der Waals surface area contributed by atoms with Crippen molar-refractivity contribution in [1.29, 1.82) is 0 Å². The van der Waals surface area contributed by atoms with Crippen molar-refractivity contribution >= 4 is 54.5 Å². The summed E-state index contributed by atoms with van der Waals surface area (Å²) in [5.41, 5.74) is 13.8. The lowest BCUT2D eigenvalue weighted by Crippen LogP contribution is -2.39. The number of rotatable bonds is 6. The van der Waals surface area contributed by atoms with E-state index in [1.54, 1.807) is 0 Å². The van der Waals surface area contributed by atoms with Gasteiger partial charge in [-0.15, -0.1) is 11.3 Å². The van der Waals surface area contributed by atoms with Gasteiger partial charge in [-0.05, 0) is 86.7 Å². The van der Waals surface area contributed by atoms with Crippen molar-refractivity contribution in [3.63, 3.8) is 0 Å². The first kappa shape index (κ1) is 32.9. The molecule has 11 rings (SSSR count). The topological polar surface area (TPSA) is 29.0 Å². The molecule has 9 aromatic rings. The van der Waals surface area contributed by atoms with Gasteiger partial charge in [-0.2, -0.15) is 0 Å². The highest BCUT2D eigenvalue weighted by Gasteiger charge is 2.29. The van der Waals surface area contributed by atoms with Crippen LogP contribution in [0.4, 0.5) is 0 Å². The standard InChI is InChI=1S/C52H39N3S/c1-4-15-34(16-5-1)37-21-14-22-38(29-37)46-33-47(54-52(53-46)36-19-8-3-9-20-36)39-27-28-42-41-23-10-12-25-48(41)55(49(42)30-39)40-31-44(35-17-6-2-7-18-35)51-45(32-40)43-24-11-13-26-50(43)56-51/h1-31,33,40,47,52-54H,32H2. The van der Waals surface area contributed by atoms with Gasteiger partial charge in [-0.3, -0.25) is 5.32 Å². The van der Waals surface area contributed by atoms with Crippen LogP contribution in [0.5, 0.6) is 0 Å². The Morgan fingerprint density at radius 1 is 0.500 bits per heavy atom. The second-order valence-electron chi connectivity index (χ2n) is 14.9. The molecule has 4 heteroatoms. The van der Waals surface area contributed by atoms with E-state index < -0.39 is 0 Å². The number of hydrogen-bond acceptors (Lipinski definition) is 3. The number of aromatic nitrogens is 1. The molecular formula is C52H39N3S. The van der Waals surface area contributed by atoms with Crippen molar-refractivity contribution < 1.29 is 0 Å². The Morgan fingerprint density at radius 2 is 1.16 bits per heavy atom. The zero-order valence-electron chi connectivity index (χ0n) is 30.8. The van der Waals surface area contributed by atoms with Gasteiger partial charge < -0.3 is 9.88 Å². The molecule has 268 valence electrons. The van der Waals surface area contributed by atoms with E-state index in [4.69, 9.17) is 0 Å². The second kappa shape index (κ2) is 13.7. The van der Waals surface area contributed by atoms with Crippen LogP contribution in [-0.2, 0) is 6.42 Å². The Morgan fingerprint density at radius 3 is 1.98 bits per heavy atom. The number of thiophene rings is 1. The fourth-order valence-electron chi connectivity index (χ4n) is 8.97. The first-order valence-electron chi connectivity index (χ1n) is 19.5. The van der Waals surface area contributed by atoms with Crippen molar-refractivity contribution in [1.82, 2.24) is 15.2 Å². The molecule has 0 spiro atoms. The summed E-state index contributed by atoms with van der Waals surface area (Å²) in [5.74, 6) is 0. The van der Waals surface area contributed by atoms with Gasteiger partial charge in [0.25, 0.3) is 0 Å². The molecule has 2 N–H and O–H groups in total. The van der Waals surface area contributed by atoms with E-state index in [0.717, 1.165) is 12.1 Å². The van der Waals surface area contributed by atoms with Crippen LogP contribution in [0.15, 0.2) is 194 Å². The summed E-state index contributed by atoms with van der Waals surface area (Å²) in [4.78, 5) is 1.40. The van der Waals surface area contributed by atoms with E-state index in [9.17, 15) is 0 Å². The molecule has 0 saturated carbocycles. The molecule has 3 heterocycles. The van der Waals surface area contributed by atoms with Crippen LogP contribution in [0.25, 0.3) is 54.3 Å². The lowest BCUT2D eigenvalue weighted by molar-refractivity contribution is 0.443. The Balaban J connectivity index is 1.07. The van der Waals surface area contributed by atoms with Crippen molar-refractivity contribution in [2.45, 2.75) is 24.7 Å². The molecule has 56 heavy (non-hydrogen) atoms. The third kappa shape index (κ3) is 5.69. The Kier molecular flexibility index (Phi) is 8.05. The van der Waals surface area contributed by atoms with Crippen LogP contribution < -0.4 is 10.6 Å². The van der Waals surface area contributed by atoms with Crippen LogP contribution >= 0.6 is 11.3 Å². The largest absolute Gasteiger partial charge is 0.366 e. The summed E-state index contributed by atoms with van der Waals surface area (Å²) in [7, 11) is 0. The average Bonchev–Trinajstić information content (AvgIpc) is 3.82.